The lowest BCUT2D eigenvalue weighted by Gasteiger charge is -2.20. The highest BCUT2D eigenvalue weighted by Crippen LogP contribution is 2.45. The summed E-state index contributed by atoms with van der Waals surface area (Å²) in [7, 11) is 0. The Balaban J connectivity index is 1.37. The van der Waals surface area contributed by atoms with Crippen molar-refractivity contribution >= 4 is 21.5 Å². The topological polar surface area (TPSA) is 212 Å². The predicted octanol–water partition coefficient (Wildman–Crippen LogP) is 7.92. The summed E-state index contributed by atoms with van der Waals surface area (Å²) in [6, 6.07) is 21.9. The van der Waals surface area contributed by atoms with Gasteiger partial charge in [0.15, 0.2) is 11.5 Å². The van der Waals surface area contributed by atoms with Crippen molar-refractivity contribution in [3.05, 3.63) is 130 Å². The molecule has 0 amide bonds. The molecule has 0 aliphatic rings. The minimum atomic E-state index is -0.407. The molecular formula is C42H34O11. The summed E-state index contributed by atoms with van der Waals surface area (Å²) in [5, 5.41) is 107. The fourth-order valence-corrected chi connectivity index (χ4v) is 6.76. The Hall–Kier alpha value is -7.14. The van der Waals surface area contributed by atoms with Crippen molar-refractivity contribution in [3.63, 3.8) is 0 Å². The van der Waals surface area contributed by atoms with Crippen LogP contribution in [0.2, 0.25) is 0 Å². The second-order valence-electron chi connectivity index (χ2n) is 13.1. The maximum atomic E-state index is 11.3. The third kappa shape index (κ3) is 6.59. The highest BCUT2D eigenvalue weighted by atomic mass is 16.5. The standard InChI is InChI=1S/C42H34O11/c1-20-8-27(11-24-4-2-22-13-30(44)17-35(49)38(22)40(24)51)42(28(9-20)12-25-5-3-23-14-31(45)18-36(50)39(23)41(25)52)53-37-15-26(33(47)19-34(37)48)10-21-6-7-29(43)16-32(21)46/h2-9,13-19,43-52H,10-12H2,1H3. The average Bonchev–Trinajstić information content (AvgIpc) is 3.07. The Morgan fingerprint density at radius 1 is 0.396 bits per heavy atom. The number of benzene rings is 7. The van der Waals surface area contributed by atoms with Crippen molar-refractivity contribution in [3.8, 4) is 69.0 Å². The lowest BCUT2D eigenvalue weighted by molar-refractivity contribution is 0.397. The van der Waals surface area contributed by atoms with Crippen molar-refractivity contribution in [2.45, 2.75) is 26.2 Å². The number of fused-ring (bicyclic) bond motifs is 2. The largest absolute Gasteiger partial charge is 0.508 e. The van der Waals surface area contributed by atoms with Gasteiger partial charge in [-0.3, -0.25) is 0 Å². The summed E-state index contributed by atoms with van der Waals surface area (Å²) in [5.41, 5.74) is 3.32. The highest BCUT2D eigenvalue weighted by Gasteiger charge is 2.22. The van der Waals surface area contributed by atoms with Gasteiger partial charge < -0.3 is 55.8 Å². The van der Waals surface area contributed by atoms with Crippen molar-refractivity contribution in [2.75, 3.05) is 0 Å². The number of hydrogen-bond donors (Lipinski definition) is 10. The summed E-state index contributed by atoms with van der Waals surface area (Å²) in [6.07, 6.45) is 0.127. The molecule has 0 unspecified atom stereocenters. The molecule has 7 rings (SSSR count). The van der Waals surface area contributed by atoms with E-state index in [0.717, 1.165) is 23.8 Å². The van der Waals surface area contributed by atoms with E-state index in [9.17, 15) is 51.1 Å². The van der Waals surface area contributed by atoms with E-state index in [0.29, 0.717) is 38.6 Å². The molecule has 268 valence electrons. The monoisotopic (exact) mass is 714 g/mol. The smallest absolute Gasteiger partial charge is 0.169 e. The predicted molar refractivity (Wildman–Crippen MR) is 197 cm³/mol. The Morgan fingerprint density at radius 3 is 1.40 bits per heavy atom. The highest BCUT2D eigenvalue weighted by molar-refractivity contribution is 5.96. The van der Waals surface area contributed by atoms with Crippen LogP contribution in [0.4, 0.5) is 0 Å². The minimum Gasteiger partial charge on any atom is -0.508 e. The zero-order valence-electron chi connectivity index (χ0n) is 28.2. The first kappa shape index (κ1) is 34.3. The molecule has 11 nitrogen and oxygen atoms in total. The van der Waals surface area contributed by atoms with Gasteiger partial charge in [0.2, 0.25) is 0 Å². The SMILES string of the molecule is Cc1cc(Cc2ccc3cc(O)cc(O)c3c2O)c(Oc2cc(Cc3ccc(O)cc3O)c(O)cc2O)c(Cc2ccc3cc(O)cc(O)c3c2O)c1. The third-order valence-corrected chi connectivity index (χ3v) is 9.25. The van der Waals surface area contributed by atoms with Crippen molar-refractivity contribution in [1.82, 2.24) is 0 Å². The molecule has 0 aromatic heterocycles. The second kappa shape index (κ2) is 13.2. The maximum absolute atomic E-state index is 11.3. The van der Waals surface area contributed by atoms with Crippen LogP contribution in [-0.4, -0.2) is 51.1 Å². The quantitative estimate of drug-likeness (QED) is 0.0730. The molecule has 0 saturated carbocycles. The number of aromatic hydroxyl groups is 10. The summed E-state index contributed by atoms with van der Waals surface area (Å²) >= 11 is 0. The van der Waals surface area contributed by atoms with Gasteiger partial charge in [-0.2, -0.15) is 0 Å². The van der Waals surface area contributed by atoms with Crippen LogP contribution in [-0.2, 0) is 19.3 Å². The first-order valence-corrected chi connectivity index (χ1v) is 16.4. The molecule has 0 bridgehead atoms. The van der Waals surface area contributed by atoms with Crippen molar-refractivity contribution in [2.24, 2.45) is 0 Å². The van der Waals surface area contributed by atoms with Crippen LogP contribution in [0.25, 0.3) is 21.5 Å². The van der Waals surface area contributed by atoms with Gasteiger partial charge in [-0.05, 0) is 69.8 Å². The molecule has 0 atom stereocenters. The molecule has 0 fully saturated rings. The molecular weight excluding hydrogens is 680 g/mol. The Kier molecular flexibility index (Phi) is 8.55. The van der Waals surface area contributed by atoms with E-state index in [1.165, 1.54) is 36.4 Å². The van der Waals surface area contributed by atoms with Gasteiger partial charge in [0.1, 0.15) is 57.5 Å². The van der Waals surface area contributed by atoms with Crippen molar-refractivity contribution < 1.29 is 55.8 Å². The lowest BCUT2D eigenvalue weighted by Crippen LogP contribution is -2.02. The lowest BCUT2D eigenvalue weighted by atomic mass is 9.92. The van der Waals surface area contributed by atoms with Gasteiger partial charge in [0.05, 0.1) is 10.8 Å². The maximum Gasteiger partial charge on any atom is 0.169 e. The second-order valence-corrected chi connectivity index (χ2v) is 13.1. The van der Waals surface area contributed by atoms with E-state index in [-0.39, 0.29) is 98.8 Å². The molecule has 11 heteroatoms. The molecule has 10 N–H and O–H groups in total. The first-order chi connectivity index (χ1) is 25.2. The minimum absolute atomic E-state index is 0.0101. The molecule has 0 saturated heterocycles. The van der Waals surface area contributed by atoms with Crippen molar-refractivity contribution in [1.29, 1.82) is 0 Å². The Bertz CT molecular complexity index is 2470. The number of rotatable bonds is 8. The molecule has 0 aliphatic carbocycles. The third-order valence-electron chi connectivity index (χ3n) is 9.25. The summed E-state index contributed by atoms with van der Waals surface area (Å²) < 4.78 is 6.50. The zero-order valence-corrected chi connectivity index (χ0v) is 28.2. The molecule has 0 radical (unpaired) electrons. The summed E-state index contributed by atoms with van der Waals surface area (Å²) in [5.74, 6) is -2.25. The van der Waals surface area contributed by atoms with E-state index in [1.54, 1.807) is 24.3 Å². The fourth-order valence-electron chi connectivity index (χ4n) is 6.76. The molecule has 7 aromatic rings. The number of hydrogen-bond acceptors (Lipinski definition) is 11. The molecule has 0 spiro atoms. The molecule has 53 heavy (non-hydrogen) atoms. The van der Waals surface area contributed by atoms with Crippen LogP contribution >= 0.6 is 0 Å². The molecule has 7 aromatic carbocycles. The van der Waals surface area contributed by atoms with Crippen LogP contribution in [0.15, 0.2) is 91.0 Å². The number of phenols is 10. The van der Waals surface area contributed by atoms with Crippen LogP contribution in [0.3, 0.4) is 0 Å². The van der Waals surface area contributed by atoms with Crippen LogP contribution < -0.4 is 4.74 Å². The fraction of sp³-hybridized carbons (Fsp3) is 0.0952. The summed E-state index contributed by atoms with van der Waals surface area (Å²) in [4.78, 5) is 0. The summed E-state index contributed by atoms with van der Waals surface area (Å²) in [6.45, 7) is 1.85. The number of ether oxygens (including phenoxy) is 1. The first-order valence-electron chi connectivity index (χ1n) is 16.4. The number of phenolic OH excluding ortho intramolecular Hbond substituents is 10. The zero-order chi connectivity index (χ0) is 37.7. The van der Waals surface area contributed by atoms with Gasteiger partial charge in [-0.15, -0.1) is 0 Å². The number of aryl methyl sites for hydroxylation is 1. The average molecular weight is 715 g/mol. The van der Waals surface area contributed by atoms with E-state index in [1.807, 2.05) is 19.1 Å². The van der Waals surface area contributed by atoms with Gasteiger partial charge in [-0.1, -0.05) is 48.0 Å². The van der Waals surface area contributed by atoms with Crippen LogP contribution in [0.1, 0.15) is 38.9 Å². The van der Waals surface area contributed by atoms with Gasteiger partial charge in [-0.25, -0.2) is 0 Å². The van der Waals surface area contributed by atoms with Crippen LogP contribution in [0.5, 0.6) is 69.0 Å². The van der Waals surface area contributed by atoms with E-state index in [4.69, 9.17) is 4.74 Å². The van der Waals surface area contributed by atoms with E-state index < -0.39 is 5.75 Å². The van der Waals surface area contributed by atoms with Gasteiger partial charge >= 0.3 is 0 Å². The van der Waals surface area contributed by atoms with Gasteiger partial charge in [0.25, 0.3) is 0 Å². The van der Waals surface area contributed by atoms with Crippen LogP contribution in [0, 0.1) is 6.92 Å². The Labute approximate surface area is 302 Å². The molecule has 0 heterocycles. The molecule has 0 aliphatic heterocycles. The van der Waals surface area contributed by atoms with E-state index >= 15 is 0 Å². The van der Waals surface area contributed by atoms with Gasteiger partial charge in [0, 0.05) is 49.1 Å². The normalized spacial score (nSPS) is 11.3. The Morgan fingerprint density at radius 2 is 0.868 bits per heavy atom. The van der Waals surface area contributed by atoms with E-state index in [2.05, 4.69) is 0 Å².